The van der Waals surface area contributed by atoms with E-state index in [4.69, 9.17) is 4.74 Å². The molecule has 0 saturated heterocycles. The lowest BCUT2D eigenvalue weighted by Crippen LogP contribution is -2.04. The zero-order valence-electron chi connectivity index (χ0n) is 17.2. The van der Waals surface area contributed by atoms with Gasteiger partial charge in [-0.1, -0.05) is 30.3 Å². The summed E-state index contributed by atoms with van der Waals surface area (Å²) in [7, 11) is 1.74. The largest absolute Gasteiger partial charge is 0.468 e. The predicted octanol–water partition coefficient (Wildman–Crippen LogP) is 3.75. The number of hydrogen-bond donors (Lipinski definition) is 0. The maximum absolute atomic E-state index is 14.8. The zero-order chi connectivity index (χ0) is 22.2. The molecule has 0 aliphatic rings. The number of rotatable bonds is 5. The average molecular weight is 433 g/mol. The molecule has 0 fully saturated rings. The number of halogens is 2. The van der Waals surface area contributed by atoms with Gasteiger partial charge in [-0.25, -0.2) is 18.3 Å². The van der Waals surface area contributed by atoms with E-state index in [1.54, 1.807) is 61.4 Å². The minimum atomic E-state index is -0.477. The van der Waals surface area contributed by atoms with Crippen LogP contribution in [0.3, 0.4) is 0 Å². The minimum absolute atomic E-state index is 0.0150. The molecule has 5 rings (SSSR count). The lowest BCUT2D eigenvalue weighted by molar-refractivity contribution is 0.283. The number of aryl methyl sites for hydroxylation is 2. The van der Waals surface area contributed by atoms with Gasteiger partial charge in [0.2, 0.25) is 5.88 Å². The lowest BCUT2D eigenvalue weighted by Gasteiger charge is -2.08. The highest BCUT2D eigenvalue weighted by Crippen LogP contribution is 2.38. The monoisotopic (exact) mass is 433 g/mol. The molecule has 0 unspecified atom stereocenters. The van der Waals surface area contributed by atoms with Gasteiger partial charge in [0.05, 0.1) is 16.8 Å². The molecule has 0 amide bonds. The van der Waals surface area contributed by atoms with Crippen LogP contribution in [0.4, 0.5) is 8.78 Å². The van der Waals surface area contributed by atoms with E-state index in [0.29, 0.717) is 22.6 Å². The number of benzene rings is 2. The Morgan fingerprint density at radius 2 is 1.59 bits per heavy atom. The van der Waals surface area contributed by atoms with Crippen molar-refractivity contribution < 1.29 is 13.5 Å². The maximum atomic E-state index is 14.8. The summed E-state index contributed by atoms with van der Waals surface area (Å²) in [4.78, 5) is 4.14. The van der Waals surface area contributed by atoms with Crippen molar-refractivity contribution in [3.05, 3.63) is 78.0 Å². The van der Waals surface area contributed by atoms with Crippen molar-refractivity contribution in [1.82, 2.24) is 34.6 Å². The first-order valence-corrected chi connectivity index (χ1v) is 9.76. The van der Waals surface area contributed by atoms with Gasteiger partial charge in [-0.05, 0) is 25.1 Å². The van der Waals surface area contributed by atoms with Gasteiger partial charge in [-0.3, -0.25) is 4.68 Å². The molecule has 0 saturated carbocycles. The Labute approximate surface area is 181 Å². The zero-order valence-corrected chi connectivity index (χ0v) is 17.2. The second-order valence-corrected chi connectivity index (χ2v) is 7.13. The minimum Gasteiger partial charge on any atom is -0.468 e. The highest BCUT2D eigenvalue weighted by Gasteiger charge is 2.25. The standard InChI is InChI=1S/C22H17F2N7O/c1-13-20-19(14-7-3-5-9-16(14)23)22(32-11-18-25-12-30(2)28-18)29-31(20)21(27-26-13)15-8-4-6-10-17(15)24/h3-10,12H,11H2,1-2H3. The smallest absolute Gasteiger partial charge is 0.242 e. The SMILES string of the molecule is Cc1nnc(-c2ccccc2F)n2nc(OCc3ncn(C)n3)c(-c3ccccc3F)c12. The number of nitrogens with zero attached hydrogens (tertiary/aromatic N) is 7. The first-order valence-electron chi connectivity index (χ1n) is 9.76. The molecular formula is C22H17F2N7O. The quantitative estimate of drug-likeness (QED) is 0.420. The maximum Gasteiger partial charge on any atom is 0.242 e. The highest BCUT2D eigenvalue weighted by atomic mass is 19.1. The summed E-state index contributed by atoms with van der Waals surface area (Å²) in [6.07, 6.45) is 1.55. The van der Waals surface area contributed by atoms with E-state index in [1.165, 1.54) is 16.6 Å². The van der Waals surface area contributed by atoms with Crippen LogP contribution in [0.2, 0.25) is 0 Å². The molecule has 2 aromatic carbocycles. The summed E-state index contributed by atoms with van der Waals surface area (Å²) in [5.74, 6) is -0.182. The summed E-state index contributed by atoms with van der Waals surface area (Å²) in [5, 5.41) is 17.1. The van der Waals surface area contributed by atoms with E-state index in [2.05, 4.69) is 25.4 Å². The lowest BCUT2D eigenvalue weighted by atomic mass is 10.1. The Morgan fingerprint density at radius 1 is 0.906 bits per heavy atom. The van der Waals surface area contributed by atoms with Gasteiger partial charge in [0.1, 0.15) is 23.5 Å². The molecule has 3 heterocycles. The third-order valence-electron chi connectivity index (χ3n) is 4.93. The van der Waals surface area contributed by atoms with Crippen molar-refractivity contribution in [3.63, 3.8) is 0 Å². The molecule has 0 atom stereocenters. The number of ether oxygens (including phenoxy) is 1. The normalized spacial score (nSPS) is 11.2. The molecule has 10 heteroatoms. The van der Waals surface area contributed by atoms with Crippen molar-refractivity contribution in [2.75, 3.05) is 0 Å². The van der Waals surface area contributed by atoms with Crippen LogP contribution >= 0.6 is 0 Å². The van der Waals surface area contributed by atoms with E-state index in [0.717, 1.165) is 0 Å². The fourth-order valence-corrected chi connectivity index (χ4v) is 3.50. The highest BCUT2D eigenvalue weighted by molar-refractivity contribution is 5.87. The van der Waals surface area contributed by atoms with Crippen molar-refractivity contribution in [2.24, 2.45) is 7.05 Å². The molecule has 0 bridgehead atoms. The van der Waals surface area contributed by atoms with E-state index < -0.39 is 11.6 Å². The van der Waals surface area contributed by atoms with Crippen molar-refractivity contribution in [2.45, 2.75) is 13.5 Å². The van der Waals surface area contributed by atoms with E-state index in [9.17, 15) is 8.78 Å². The molecule has 8 nitrogen and oxygen atoms in total. The van der Waals surface area contributed by atoms with E-state index >= 15 is 0 Å². The van der Waals surface area contributed by atoms with Gasteiger partial charge >= 0.3 is 0 Å². The van der Waals surface area contributed by atoms with Crippen LogP contribution < -0.4 is 4.74 Å². The van der Waals surface area contributed by atoms with Crippen molar-refractivity contribution in [1.29, 1.82) is 0 Å². The summed E-state index contributed by atoms with van der Waals surface area (Å²) >= 11 is 0. The van der Waals surface area contributed by atoms with Crippen LogP contribution in [0.15, 0.2) is 54.9 Å². The summed E-state index contributed by atoms with van der Waals surface area (Å²) < 4.78 is 38.3. The van der Waals surface area contributed by atoms with E-state index in [-0.39, 0.29) is 29.4 Å². The first kappa shape index (κ1) is 19.7. The number of aromatic nitrogens is 7. The fraction of sp³-hybridized carbons (Fsp3) is 0.136. The molecule has 0 aliphatic heterocycles. The Balaban J connectivity index is 1.75. The van der Waals surface area contributed by atoms with Gasteiger partial charge in [-0.15, -0.1) is 10.2 Å². The van der Waals surface area contributed by atoms with Crippen LogP contribution in [-0.4, -0.2) is 34.6 Å². The van der Waals surface area contributed by atoms with Gasteiger partial charge in [0, 0.05) is 12.6 Å². The molecule has 160 valence electrons. The Bertz CT molecular complexity index is 1440. The predicted molar refractivity (Wildman–Crippen MR) is 112 cm³/mol. The third kappa shape index (κ3) is 3.35. The van der Waals surface area contributed by atoms with Gasteiger partial charge in [-0.2, -0.15) is 10.2 Å². The summed E-state index contributed by atoms with van der Waals surface area (Å²) in [6.45, 7) is 1.74. The van der Waals surface area contributed by atoms with Crippen molar-refractivity contribution >= 4 is 5.52 Å². The van der Waals surface area contributed by atoms with Crippen molar-refractivity contribution in [3.8, 4) is 28.4 Å². The second kappa shape index (κ2) is 7.80. The average Bonchev–Trinajstić information content (AvgIpc) is 3.37. The Kier molecular flexibility index (Phi) is 4.81. The molecule has 32 heavy (non-hydrogen) atoms. The van der Waals surface area contributed by atoms with Crippen LogP contribution in [-0.2, 0) is 13.7 Å². The number of hydrogen-bond acceptors (Lipinski definition) is 6. The molecule has 0 radical (unpaired) electrons. The van der Waals surface area contributed by atoms with Crippen LogP contribution in [0.25, 0.3) is 28.0 Å². The van der Waals surface area contributed by atoms with Gasteiger partial charge in [0.15, 0.2) is 18.3 Å². The molecule has 0 spiro atoms. The fourth-order valence-electron chi connectivity index (χ4n) is 3.50. The molecule has 5 aromatic rings. The summed E-state index contributed by atoms with van der Waals surface area (Å²) in [5.41, 5.74) is 1.84. The van der Waals surface area contributed by atoms with Crippen LogP contribution in [0.5, 0.6) is 5.88 Å². The molecule has 3 aromatic heterocycles. The first-order chi connectivity index (χ1) is 15.5. The number of fused-ring (bicyclic) bond motifs is 1. The van der Waals surface area contributed by atoms with Crippen LogP contribution in [0, 0.1) is 18.6 Å². The Hall–Kier alpha value is -4.21. The Morgan fingerprint density at radius 3 is 2.25 bits per heavy atom. The molecule has 0 aliphatic carbocycles. The topological polar surface area (TPSA) is 83.0 Å². The van der Waals surface area contributed by atoms with Crippen LogP contribution in [0.1, 0.15) is 11.5 Å². The summed E-state index contributed by atoms with van der Waals surface area (Å²) in [6, 6.07) is 12.5. The molecule has 0 N–H and O–H groups in total. The molecular weight excluding hydrogens is 416 g/mol. The third-order valence-corrected chi connectivity index (χ3v) is 4.93. The van der Waals surface area contributed by atoms with Gasteiger partial charge < -0.3 is 4.74 Å². The van der Waals surface area contributed by atoms with Gasteiger partial charge in [0.25, 0.3) is 0 Å². The van der Waals surface area contributed by atoms with E-state index in [1.807, 2.05) is 0 Å². The second-order valence-electron chi connectivity index (χ2n) is 7.13.